The van der Waals surface area contributed by atoms with Crippen LogP contribution in [0.2, 0.25) is 0 Å². The summed E-state index contributed by atoms with van der Waals surface area (Å²) < 4.78 is 0. The van der Waals surface area contributed by atoms with Crippen molar-refractivity contribution >= 4 is 0 Å². The molecule has 0 spiro atoms. The van der Waals surface area contributed by atoms with Gasteiger partial charge in [-0.1, -0.05) is 0 Å². The van der Waals surface area contributed by atoms with Gasteiger partial charge in [-0.15, -0.1) is 0 Å². The van der Waals surface area contributed by atoms with Crippen LogP contribution in [0, 0.1) is 0 Å². The van der Waals surface area contributed by atoms with Crippen LogP contribution in [0.4, 0.5) is 0 Å². The van der Waals surface area contributed by atoms with E-state index in [0.717, 1.165) is 0 Å². The molecular formula is AuKO2. The maximum atomic E-state index is 0. The molecule has 0 amide bonds. The fraction of sp³-hybridized carbons (Fsp3) is 0. The second kappa shape index (κ2) is 18.5. The van der Waals surface area contributed by atoms with Crippen molar-refractivity contribution in [3.63, 3.8) is 0 Å². The van der Waals surface area contributed by atoms with Gasteiger partial charge in [0.25, 0.3) is 0 Å². The first-order chi connectivity index (χ1) is 0. The first kappa shape index (κ1) is 33.5. The Labute approximate surface area is 82.9 Å². The molecule has 0 fully saturated rings. The maximum absolute atomic E-state index is 0. The van der Waals surface area contributed by atoms with Crippen molar-refractivity contribution in [1.82, 2.24) is 0 Å². The summed E-state index contributed by atoms with van der Waals surface area (Å²) in [7, 11) is 0. The molecule has 0 aliphatic carbocycles. The second-order valence-electron chi connectivity index (χ2n) is 0. The van der Waals surface area contributed by atoms with Crippen LogP contribution in [0.5, 0.6) is 0 Å². The molecular weight excluding hydrogens is 268 g/mol. The van der Waals surface area contributed by atoms with Crippen molar-refractivity contribution in [3.8, 4) is 0 Å². The van der Waals surface area contributed by atoms with Gasteiger partial charge < -0.3 is 11.0 Å². The Bertz CT molecular complexity index is 6.00. The molecule has 0 aromatic heterocycles. The summed E-state index contributed by atoms with van der Waals surface area (Å²) in [6.45, 7) is 0. The molecule has 0 heterocycles. The zero-order valence-electron chi connectivity index (χ0n) is 2.12. The molecule has 0 rings (SSSR count). The van der Waals surface area contributed by atoms with Gasteiger partial charge in [0, 0.05) is 0 Å². The summed E-state index contributed by atoms with van der Waals surface area (Å²) in [6, 6.07) is 0. The summed E-state index contributed by atoms with van der Waals surface area (Å²) in [5.41, 5.74) is 0. The second-order valence-corrected chi connectivity index (χ2v) is 0. The summed E-state index contributed by atoms with van der Waals surface area (Å²) in [5.74, 6) is 0. The number of rotatable bonds is 0. The minimum absolute atomic E-state index is 0. The summed E-state index contributed by atoms with van der Waals surface area (Å²) in [4.78, 5) is 0. The minimum atomic E-state index is 0. The van der Waals surface area contributed by atoms with Crippen molar-refractivity contribution in [1.29, 1.82) is 0 Å². The number of hydrogen-bond donors (Lipinski definition) is 0. The average molecular weight is 268 g/mol. The van der Waals surface area contributed by atoms with E-state index in [1.807, 2.05) is 0 Å². The van der Waals surface area contributed by atoms with Crippen molar-refractivity contribution in [3.05, 3.63) is 0 Å². The van der Waals surface area contributed by atoms with Crippen molar-refractivity contribution in [2.24, 2.45) is 0 Å². The molecule has 4 heavy (non-hydrogen) atoms. The van der Waals surface area contributed by atoms with Crippen LogP contribution in [0.25, 0.3) is 0 Å². The van der Waals surface area contributed by atoms with Gasteiger partial charge in [0.05, 0.1) is 0 Å². The van der Waals surface area contributed by atoms with E-state index in [1.165, 1.54) is 0 Å². The predicted octanol–water partition coefficient (Wildman–Crippen LogP) is -3.24. The van der Waals surface area contributed by atoms with E-state index in [-0.39, 0.29) is 84.7 Å². The molecule has 2 nitrogen and oxygen atoms in total. The van der Waals surface area contributed by atoms with Gasteiger partial charge in [-0.05, 0) is 0 Å². The van der Waals surface area contributed by atoms with Gasteiger partial charge in [-0.3, -0.25) is 0 Å². The van der Waals surface area contributed by atoms with Crippen LogP contribution in [-0.4, -0.2) is 0 Å². The van der Waals surface area contributed by atoms with Crippen molar-refractivity contribution in [2.75, 3.05) is 0 Å². The van der Waals surface area contributed by atoms with Gasteiger partial charge in [0.15, 0.2) is 0 Å². The minimum Gasteiger partial charge on any atom is -2.00 e. The van der Waals surface area contributed by atoms with Gasteiger partial charge >= 0.3 is 73.8 Å². The van der Waals surface area contributed by atoms with Crippen LogP contribution in [-0.2, 0) is 33.3 Å². The Morgan fingerprint density at radius 1 is 0.750 bits per heavy atom. The Hall–Kier alpha value is 2.30. The predicted molar refractivity (Wildman–Crippen MR) is 1.37 cm³/mol. The SMILES string of the molecule is [Au+3].[K+].[O-2].[O-2]. The standard InChI is InChI=1S/Au.K.2O/q+3;+1;2*-2. The van der Waals surface area contributed by atoms with Crippen LogP contribution < -0.4 is 51.4 Å². The fourth-order valence-electron chi connectivity index (χ4n) is 0. The van der Waals surface area contributed by atoms with E-state index in [9.17, 15) is 0 Å². The zero-order valence-corrected chi connectivity index (χ0v) is 7.41. The summed E-state index contributed by atoms with van der Waals surface area (Å²) in [5, 5.41) is 0. The maximum Gasteiger partial charge on any atom is 3.00 e. The molecule has 0 bridgehead atoms. The molecule has 0 atom stereocenters. The molecule has 0 aromatic rings. The van der Waals surface area contributed by atoms with Gasteiger partial charge in [-0.25, -0.2) is 0 Å². The van der Waals surface area contributed by atoms with Gasteiger partial charge in [0.1, 0.15) is 0 Å². The summed E-state index contributed by atoms with van der Waals surface area (Å²) >= 11 is 0. The van der Waals surface area contributed by atoms with Crippen LogP contribution >= 0.6 is 0 Å². The smallest absolute Gasteiger partial charge is 2.00 e. The molecule has 24 valence electrons. The first-order valence-corrected chi connectivity index (χ1v) is 0. The largest absolute Gasteiger partial charge is 3.00 e. The first-order valence-electron chi connectivity index (χ1n) is 0. The molecule has 0 aliphatic rings. The Morgan fingerprint density at radius 2 is 0.750 bits per heavy atom. The molecule has 0 saturated carbocycles. The molecule has 0 unspecified atom stereocenters. The van der Waals surface area contributed by atoms with E-state index in [0.29, 0.717) is 0 Å². The van der Waals surface area contributed by atoms with E-state index in [2.05, 4.69) is 0 Å². The quantitative estimate of drug-likeness (QED) is 0.415. The molecule has 0 saturated heterocycles. The van der Waals surface area contributed by atoms with Crippen LogP contribution in [0.1, 0.15) is 0 Å². The molecule has 0 radical (unpaired) electrons. The number of hydrogen-bond acceptors (Lipinski definition) is 0. The third-order valence-electron chi connectivity index (χ3n) is 0. The Morgan fingerprint density at radius 3 is 0.750 bits per heavy atom. The van der Waals surface area contributed by atoms with Crippen LogP contribution in [0.15, 0.2) is 0 Å². The van der Waals surface area contributed by atoms with Crippen molar-refractivity contribution in [2.45, 2.75) is 0 Å². The molecule has 4 heteroatoms. The van der Waals surface area contributed by atoms with E-state index in [4.69, 9.17) is 0 Å². The van der Waals surface area contributed by atoms with E-state index >= 15 is 0 Å². The molecule has 0 N–H and O–H groups in total. The normalized spacial score (nSPS) is 0. The van der Waals surface area contributed by atoms with Gasteiger partial charge in [-0.2, -0.15) is 0 Å². The third-order valence-corrected chi connectivity index (χ3v) is 0. The van der Waals surface area contributed by atoms with E-state index < -0.39 is 0 Å². The third kappa shape index (κ3) is 8.85. The zero-order chi connectivity index (χ0) is 0. The topological polar surface area (TPSA) is 57.0 Å². The Kier molecular flexibility index (Phi) is 155. The van der Waals surface area contributed by atoms with Gasteiger partial charge in [0.2, 0.25) is 0 Å². The van der Waals surface area contributed by atoms with Crippen LogP contribution in [0.3, 0.4) is 0 Å². The fourth-order valence-corrected chi connectivity index (χ4v) is 0. The van der Waals surface area contributed by atoms with Crippen molar-refractivity contribution < 1.29 is 84.7 Å². The average Bonchev–Trinajstić information content (AvgIpc) is 0. The monoisotopic (exact) mass is 268 g/mol. The van der Waals surface area contributed by atoms with E-state index in [1.54, 1.807) is 0 Å². The molecule has 0 aromatic carbocycles. The molecule has 0 aliphatic heterocycles. The summed E-state index contributed by atoms with van der Waals surface area (Å²) in [6.07, 6.45) is 0. The Balaban J connectivity index is 0.